The van der Waals surface area contributed by atoms with Crippen molar-refractivity contribution in [3.05, 3.63) is 40.6 Å². The molecule has 1 aromatic heterocycles. The van der Waals surface area contributed by atoms with E-state index in [-0.39, 0.29) is 28.4 Å². The average Bonchev–Trinajstić information content (AvgIpc) is 3.08. The van der Waals surface area contributed by atoms with E-state index in [0.29, 0.717) is 22.4 Å². The van der Waals surface area contributed by atoms with Gasteiger partial charge in [0.25, 0.3) is 0 Å². The Morgan fingerprint density at radius 2 is 1.97 bits per heavy atom. The zero-order valence-corrected chi connectivity index (χ0v) is 17.7. The minimum absolute atomic E-state index is 0.00905. The third kappa shape index (κ3) is 3.13. The maximum atomic E-state index is 13.2. The standard InChI is InChI=1S/C20H23N3O5S/c1-10-11(18(24)13-9-21-23(19(13)25)20(2,3)4)6-7-15(29(5,26)27)16(10)17-12-8-14(12)28-22-17/h6-7,9,12,14,25H,8H2,1-5H3. The smallest absolute Gasteiger partial charge is 0.221 e. The lowest BCUT2D eigenvalue weighted by Gasteiger charge is -2.20. The first-order valence-corrected chi connectivity index (χ1v) is 11.2. The Labute approximate surface area is 169 Å². The van der Waals surface area contributed by atoms with Crippen LogP contribution in [0, 0.1) is 12.8 Å². The highest BCUT2D eigenvalue weighted by Gasteiger charge is 2.50. The second-order valence-electron chi connectivity index (χ2n) is 8.64. The Balaban J connectivity index is 1.86. The lowest BCUT2D eigenvalue weighted by molar-refractivity contribution is 0.103. The molecular weight excluding hydrogens is 394 g/mol. The molecule has 0 saturated heterocycles. The molecule has 154 valence electrons. The Hall–Kier alpha value is -2.68. The number of rotatable bonds is 4. The SMILES string of the molecule is Cc1c(C(=O)c2cnn(C(C)(C)C)c2O)ccc(S(C)(=O)=O)c1C1=NOC2CC12. The molecule has 1 aliphatic heterocycles. The summed E-state index contributed by atoms with van der Waals surface area (Å²) >= 11 is 0. The molecule has 8 nitrogen and oxygen atoms in total. The summed E-state index contributed by atoms with van der Waals surface area (Å²) in [6.07, 6.45) is 3.25. The molecule has 1 aliphatic carbocycles. The molecule has 0 bridgehead atoms. The van der Waals surface area contributed by atoms with Crippen LogP contribution in [-0.4, -0.2) is 47.2 Å². The quantitative estimate of drug-likeness (QED) is 0.765. The van der Waals surface area contributed by atoms with Gasteiger partial charge in [0.1, 0.15) is 11.7 Å². The average molecular weight is 417 g/mol. The van der Waals surface area contributed by atoms with Crippen molar-refractivity contribution < 1.29 is 23.2 Å². The number of fused-ring (bicyclic) bond motifs is 1. The van der Waals surface area contributed by atoms with Gasteiger partial charge in [-0.3, -0.25) is 4.79 Å². The number of nitrogens with zero attached hydrogens (tertiary/aromatic N) is 3. The van der Waals surface area contributed by atoms with E-state index in [1.165, 1.54) is 23.0 Å². The molecule has 2 aliphatic rings. The van der Waals surface area contributed by atoms with E-state index >= 15 is 0 Å². The Bertz CT molecular complexity index is 1170. The van der Waals surface area contributed by atoms with Gasteiger partial charge in [-0.15, -0.1) is 0 Å². The maximum absolute atomic E-state index is 13.2. The molecule has 2 aromatic rings. The summed E-state index contributed by atoms with van der Waals surface area (Å²) < 4.78 is 26.1. The molecule has 1 N–H and O–H groups in total. The summed E-state index contributed by atoms with van der Waals surface area (Å²) in [7, 11) is -3.54. The van der Waals surface area contributed by atoms with E-state index in [1.807, 2.05) is 20.8 Å². The largest absolute Gasteiger partial charge is 0.493 e. The van der Waals surface area contributed by atoms with Crippen molar-refractivity contribution >= 4 is 21.3 Å². The highest BCUT2D eigenvalue weighted by atomic mass is 32.2. The first-order chi connectivity index (χ1) is 13.4. The van der Waals surface area contributed by atoms with Crippen LogP contribution < -0.4 is 0 Å². The van der Waals surface area contributed by atoms with Gasteiger partial charge in [-0.25, -0.2) is 13.1 Å². The molecule has 1 saturated carbocycles. The second kappa shape index (κ2) is 6.16. The fraction of sp³-hybridized carbons (Fsp3) is 0.450. The third-order valence-corrected chi connectivity index (χ3v) is 6.46. The van der Waals surface area contributed by atoms with Crippen LogP contribution in [0.25, 0.3) is 0 Å². The molecule has 2 unspecified atom stereocenters. The van der Waals surface area contributed by atoms with Crippen molar-refractivity contribution in [1.82, 2.24) is 9.78 Å². The van der Waals surface area contributed by atoms with Crippen LogP contribution in [0.15, 0.2) is 28.4 Å². The number of carbonyl (C=O) groups excluding carboxylic acids is 1. The van der Waals surface area contributed by atoms with E-state index in [2.05, 4.69) is 10.3 Å². The zero-order chi connectivity index (χ0) is 21.3. The van der Waals surface area contributed by atoms with E-state index < -0.39 is 21.2 Å². The number of oxime groups is 1. The van der Waals surface area contributed by atoms with Crippen LogP contribution in [0.1, 0.15) is 54.2 Å². The molecular formula is C20H23N3O5S. The number of hydrogen-bond acceptors (Lipinski definition) is 7. The maximum Gasteiger partial charge on any atom is 0.221 e. The third-order valence-electron chi connectivity index (χ3n) is 5.32. The van der Waals surface area contributed by atoms with E-state index in [1.54, 1.807) is 6.92 Å². The molecule has 1 fully saturated rings. The number of benzene rings is 1. The zero-order valence-electron chi connectivity index (χ0n) is 16.9. The van der Waals surface area contributed by atoms with Gasteiger partial charge in [0.05, 0.1) is 22.3 Å². The minimum atomic E-state index is -3.54. The second-order valence-corrected chi connectivity index (χ2v) is 10.6. The monoisotopic (exact) mass is 417 g/mol. The van der Waals surface area contributed by atoms with Gasteiger partial charge in [-0.1, -0.05) is 5.16 Å². The molecule has 2 atom stereocenters. The number of sulfone groups is 1. The number of aromatic hydroxyl groups is 1. The van der Waals surface area contributed by atoms with Crippen LogP contribution in [0.3, 0.4) is 0 Å². The lowest BCUT2D eigenvalue weighted by Crippen LogP contribution is -2.22. The van der Waals surface area contributed by atoms with Gasteiger partial charge in [0.15, 0.2) is 15.6 Å². The molecule has 0 radical (unpaired) electrons. The summed E-state index contributed by atoms with van der Waals surface area (Å²) in [4.78, 5) is 18.7. The first-order valence-electron chi connectivity index (χ1n) is 9.31. The topological polar surface area (TPSA) is 111 Å². The first kappa shape index (κ1) is 19.6. The van der Waals surface area contributed by atoms with Crippen molar-refractivity contribution in [2.45, 2.75) is 50.7 Å². The number of ketones is 1. The summed E-state index contributed by atoms with van der Waals surface area (Å²) in [5.74, 6) is -0.598. The van der Waals surface area contributed by atoms with Crippen molar-refractivity contribution in [2.24, 2.45) is 11.1 Å². The van der Waals surface area contributed by atoms with E-state index in [4.69, 9.17) is 4.84 Å². The van der Waals surface area contributed by atoms with Crippen LogP contribution in [0.5, 0.6) is 5.88 Å². The van der Waals surface area contributed by atoms with Crippen molar-refractivity contribution in [2.75, 3.05) is 6.26 Å². The Morgan fingerprint density at radius 1 is 1.28 bits per heavy atom. The summed E-state index contributed by atoms with van der Waals surface area (Å²) in [6, 6.07) is 2.90. The van der Waals surface area contributed by atoms with Crippen LogP contribution in [0.4, 0.5) is 0 Å². The molecule has 2 heterocycles. The van der Waals surface area contributed by atoms with Gasteiger partial charge in [0, 0.05) is 23.3 Å². The number of aromatic nitrogens is 2. The Kier molecular flexibility index (Phi) is 4.17. The predicted molar refractivity (Wildman–Crippen MR) is 106 cm³/mol. The van der Waals surface area contributed by atoms with Gasteiger partial charge >= 0.3 is 0 Å². The highest BCUT2D eigenvalue weighted by Crippen LogP contribution is 2.44. The summed E-state index contributed by atoms with van der Waals surface area (Å²) in [6.45, 7) is 7.29. The molecule has 1 aromatic carbocycles. The molecule has 0 amide bonds. The minimum Gasteiger partial charge on any atom is -0.493 e. The molecule has 9 heteroatoms. The lowest BCUT2D eigenvalue weighted by atomic mass is 9.93. The number of hydrogen-bond donors (Lipinski definition) is 1. The normalized spacial score (nSPS) is 20.8. The molecule has 29 heavy (non-hydrogen) atoms. The fourth-order valence-corrected chi connectivity index (χ4v) is 4.64. The van der Waals surface area contributed by atoms with Crippen molar-refractivity contribution in [1.29, 1.82) is 0 Å². The predicted octanol–water partition coefficient (Wildman–Crippen LogP) is 2.41. The molecule has 4 rings (SSSR count). The van der Waals surface area contributed by atoms with Crippen LogP contribution in [-0.2, 0) is 20.2 Å². The van der Waals surface area contributed by atoms with Gasteiger partial charge in [-0.05, 0) is 51.8 Å². The van der Waals surface area contributed by atoms with Crippen LogP contribution in [0.2, 0.25) is 0 Å². The van der Waals surface area contributed by atoms with Crippen molar-refractivity contribution in [3.8, 4) is 5.88 Å². The van der Waals surface area contributed by atoms with Gasteiger partial charge in [-0.2, -0.15) is 5.10 Å². The summed E-state index contributed by atoms with van der Waals surface area (Å²) in [5.41, 5.74) is 1.34. The van der Waals surface area contributed by atoms with E-state index in [9.17, 15) is 18.3 Å². The number of carbonyl (C=O) groups is 1. The summed E-state index contributed by atoms with van der Waals surface area (Å²) in [5, 5.41) is 18.8. The highest BCUT2D eigenvalue weighted by molar-refractivity contribution is 7.90. The van der Waals surface area contributed by atoms with E-state index in [0.717, 1.165) is 12.7 Å². The van der Waals surface area contributed by atoms with Gasteiger partial charge in [0.2, 0.25) is 5.88 Å². The fourth-order valence-electron chi connectivity index (χ4n) is 3.70. The Morgan fingerprint density at radius 3 is 2.45 bits per heavy atom. The van der Waals surface area contributed by atoms with Gasteiger partial charge < -0.3 is 9.94 Å². The molecule has 0 spiro atoms. The van der Waals surface area contributed by atoms with Crippen molar-refractivity contribution in [3.63, 3.8) is 0 Å². The van der Waals surface area contributed by atoms with Crippen LogP contribution >= 0.6 is 0 Å².